The molecule has 0 aromatic heterocycles. The van der Waals surface area contributed by atoms with Crippen LogP contribution in [0.2, 0.25) is 0 Å². The number of unbranched alkanes of at least 4 members (excludes halogenated alkanes) is 1. The van der Waals surface area contributed by atoms with Gasteiger partial charge in [0.1, 0.15) is 0 Å². The van der Waals surface area contributed by atoms with E-state index in [2.05, 4.69) is 26.1 Å². The van der Waals surface area contributed by atoms with Crippen LogP contribution >= 0.6 is 0 Å². The van der Waals surface area contributed by atoms with Crippen molar-refractivity contribution in [2.75, 3.05) is 19.6 Å². The summed E-state index contributed by atoms with van der Waals surface area (Å²) < 4.78 is 0. The van der Waals surface area contributed by atoms with Crippen LogP contribution in [0.15, 0.2) is 0 Å². The van der Waals surface area contributed by atoms with Crippen LogP contribution in [0.1, 0.15) is 59.3 Å². The van der Waals surface area contributed by atoms with Crippen LogP contribution in [0.25, 0.3) is 0 Å². The van der Waals surface area contributed by atoms with E-state index in [9.17, 15) is 9.59 Å². The third-order valence-corrected chi connectivity index (χ3v) is 3.91. The first-order valence-corrected chi connectivity index (χ1v) is 8.10. The molecule has 1 saturated heterocycles. The number of rotatable bonds is 7. The predicted molar refractivity (Wildman–Crippen MR) is 81.3 cm³/mol. The molecule has 1 aliphatic heterocycles. The molecule has 0 bridgehead atoms. The molecule has 0 radical (unpaired) electrons. The van der Waals surface area contributed by atoms with E-state index in [0.29, 0.717) is 18.9 Å². The van der Waals surface area contributed by atoms with Crippen molar-refractivity contribution < 1.29 is 9.59 Å². The number of hydrogen-bond donors (Lipinski definition) is 1. The van der Waals surface area contributed by atoms with E-state index < -0.39 is 0 Å². The maximum Gasteiger partial charge on any atom is 0.224 e. The van der Waals surface area contributed by atoms with Crippen LogP contribution in [-0.4, -0.2) is 36.3 Å². The first-order valence-electron chi connectivity index (χ1n) is 8.10. The molecule has 4 heteroatoms. The van der Waals surface area contributed by atoms with Gasteiger partial charge in [0, 0.05) is 26.1 Å². The smallest absolute Gasteiger partial charge is 0.224 e. The lowest BCUT2D eigenvalue weighted by atomic mass is 9.96. The maximum atomic E-state index is 12.1. The monoisotopic (exact) mass is 282 g/mol. The lowest BCUT2D eigenvalue weighted by Crippen LogP contribution is -2.45. The van der Waals surface area contributed by atoms with Crippen molar-refractivity contribution in [1.82, 2.24) is 10.2 Å². The summed E-state index contributed by atoms with van der Waals surface area (Å²) in [5, 5.41) is 2.99. The van der Waals surface area contributed by atoms with Gasteiger partial charge in [0.05, 0.1) is 5.92 Å². The number of nitrogens with zero attached hydrogens (tertiary/aromatic N) is 1. The first-order chi connectivity index (χ1) is 9.54. The van der Waals surface area contributed by atoms with Gasteiger partial charge < -0.3 is 10.2 Å². The molecule has 1 N–H and O–H groups in total. The fourth-order valence-electron chi connectivity index (χ4n) is 2.52. The average molecular weight is 282 g/mol. The highest BCUT2D eigenvalue weighted by molar-refractivity contribution is 5.81. The van der Waals surface area contributed by atoms with Crippen molar-refractivity contribution in [3.8, 4) is 0 Å². The third kappa shape index (κ3) is 5.93. The minimum atomic E-state index is -0.0105. The molecule has 0 aliphatic carbocycles. The summed E-state index contributed by atoms with van der Waals surface area (Å²) >= 11 is 0. The Bertz CT molecular complexity index is 316. The Hall–Kier alpha value is -1.06. The molecule has 1 unspecified atom stereocenters. The van der Waals surface area contributed by atoms with E-state index in [1.165, 1.54) is 0 Å². The Morgan fingerprint density at radius 3 is 2.75 bits per heavy atom. The van der Waals surface area contributed by atoms with Gasteiger partial charge >= 0.3 is 0 Å². The maximum absolute atomic E-state index is 12.1. The number of likely N-dealkylation sites (tertiary alicyclic amines) is 1. The molecule has 116 valence electrons. The predicted octanol–water partition coefficient (Wildman–Crippen LogP) is 2.58. The Labute approximate surface area is 123 Å². The van der Waals surface area contributed by atoms with Gasteiger partial charge in [0.15, 0.2) is 0 Å². The van der Waals surface area contributed by atoms with E-state index in [1.54, 1.807) is 0 Å². The number of hydrogen-bond acceptors (Lipinski definition) is 2. The molecule has 20 heavy (non-hydrogen) atoms. The minimum absolute atomic E-state index is 0.0105. The summed E-state index contributed by atoms with van der Waals surface area (Å²) in [6.45, 7) is 8.56. The number of amides is 2. The average Bonchev–Trinajstić information content (AvgIpc) is 2.45. The topological polar surface area (TPSA) is 49.4 Å². The molecule has 0 aromatic rings. The normalized spacial score (nSPS) is 19.2. The van der Waals surface area contributed by atoms with Gasteiger partial charge in [-0.3, -0.25) is 9.59 Å². The summed E-state index contributed by atoms with van der Waals surface area (Å²) in [7, 11) is 0. The van der Waals surface area contributed by atoms with Crippen molar-refractivity contribution in [2.45, 2.75) is 59.3 Å². The fraction of sp³-hybridized carbons (Fsp3) is 0.875. The highest BCUT2D eigenvalue weighted by Gasteiger charge is 2.27. The lowest BCUT2D eigenvalue weighted by Gasteiger charge is -2.32. The third-order valence-electron chi connectivity index (χ3n) is 3.91. The molecular weight excluding hydrogens is 252 g/mol. The summed E-state index contributed by atoms with van der Waals surface area (Å²) in [4.78, 5) is 26.1. The van der Waals surface area contributed by atoms with E-state index in [0.717, 1.165) is 45.2 Å². The number of piperidine rings is 1. The Balaban J connectivity index is 2.37. The van der Waals surface area contributed by atoms with Crippen molar-refractivity contribution in [1.29, 1.82) is 0 Å². The zero-order chi connectivity index (χ0) is 15.0. The van der Waals surface area contributed by atoms with Crippen LogP contribution in [-0.2, 0) is 9.59 Å². The van der Waals surface area contributed by atoms with E-state index in [-0.39, 0.29) is 17.7 Å². The van der Waals surface area contributed by atoms with Crippen molar-refractivity contribution in [3.63, 3.8) is 0 Å². The fourth-order valence-corrected chi connectivity index (χ4v) is 2.52. The number of carbonyl (C=O) groups is 2. The van der Waals surface area contributed by atoms with Gasteiger partial charge in [-0.25, -0.2) is 0 Å². The molecule has 4 nitrogen and oxygen atoms in total. The van der Waals surface area contributed by atoms with Crippen LogP contribution in [0.3, 0.4) is 0 Å². The summed E-state index contributed by atoms with van der Waals surface area (Å²) in [5.41, 5.74) is 0. The molecule has 1 rings (SSSR count). The molecule has 0 aromatic carbocycles. The van der Waals surface area contributed by atoms with Crippen molar-refractivity contribution in [2.24, 2.45) is 11.8 Å². The van der Waals surface area contributed by atoms with E-state index in [4.69, 9.17) is 0 Å². The van der Waals surface area contributed by atoms with Crippen LogP contribution in [0, 0.1) is 11.8 Å². The SMILES string of the molecule is CCCCNC(=O)C1CCCN(C(=O)CCC(C)C)C1. The zero-order valence-electron chi connectivity index (χ0n) is 13.3. The Kier molecular flexibility index (Phi) is 7.63. The second kappa shape index (κ2) is 8.98. The summed E-state index contributed by atoms with van der Waals surface area (Å²) in [5.74, 6) is 0.880. The van der Waals surface area contributed by atoms with Gasteiger partial charge in [-0.05, 0) is 31.6 Å². The largest absolute Gasteiger partial charge is 0.356 e. The molecular formula is C16H30N2O2. The molecule has 1 aliphatic rings. The highest BCUT2D eigenvalue weighted by Crippen LogP contribution is 2.18. The summed E-state index contributed by atoms with van der Waals surface area (Å²) in [6, 6.07) is 0. The molecule has 1 fully saturated rings. The highest BCUT2D eigenvalue weighted by atomic mass is 16.2. The first kappa shape index (κ1) is 17.0. The van der Waals surface area contributed by atoms with Crippen LogP contribution in [0.4, 0.5) is 0 Å². The van der Waals surface area contributed by atoms with Gasteiger partial charge in [0.25, 0.3) is 0 Å². The number of carbonyl (C=O) groups excluding carboxylic acids is 2. The van der Waals surface area contributed by atoms with E-state index in [1.807, 2.05) is 4.90 Å². The van der Waals surface area contributed by atoms with Crippen LogP contribution < -0.4 is 5.32 Å². The molecule has 0 saturated carbocycles. The van der Waals surface area contributed by atoms with Crippen molar-refractivity contribution in [3.05, 3.63) is 0 Å². The van der Waals surface area contributed by atoms with Crippen molar-refractivity contribution >= 4 is 11.8 Å². The zero-order valence-corrected chi connectivity index (χ0v) is 13.3. The van der Waals surface area contributed by atoms with Gasteiger partial charge in [0.2, 0.25) is 11.8 Å². The second-order valence-corrected chi connectivity index (χ2v) is 6.26. The molecule has 2 amide bonds. The van der Waals surface area contributed by atoms with Crippen LogP contribution in [0.5, 0.6) is 0 Å². The summed E-state index contributed by atoms with van der Waals surface area (Å²) in [6.07, 6.45) is 5.51. The molecule has 1 atom stereocenters. The minimum Gasteiger partial charge on any atom is -0.356 e. The standard InChI is InChI=1S/C16H30N2O2/c1-4-5-10-17-16(20)14-7-6-11-18(12-14)15(19)9-8-13(2)3/h13-14H,4-12H2,1-3H3,(H,17,20). The van der Waals surface area contributed by atoms with Gasteiger partial charge in [-0.2, -0.15) is 0 Å². The Morgan fingerprint density at radius 2 is 2.10 bits per heavy atom. The Morgan fingerprint density at radius 1 is 1.35 bits per heavy atom. The second-order valence-electron chi connectivity index (χ2n) is 6.26. The lowest BCUT2D eigenvalue weighted by molar-refractivity contribution is -0.135. The number of nitrogens with one attached hydrogen (secondary N) is 1. The van der Waals surface area contributed by atoms with Gasteiger partial charge in [-0.1, -0.05) is 27.2 Å². The molecule has 0 spiro atoms. The quantitative estimate of drug-likeness (QED) is 0.730. The molecule has 1 heterocycles. The van der Waals surface area contributed by atoms with Gasteiger partial charge in [-0.15, -0.1) is 0 Å². The van der Waals surface area contributed by atoms with E-state index >= 15 is 0 Å².